The fourth-order valence-electron chi connectivity index (χ4n) is 1.56. The lowest BCUT2D eigenvalue weighted by molar-refractivity contribution is -0.115. The Hall–Kier alpha value is -2.00. The van der Waals surface area contributed by atoms with E-state index in [-0.39, 0.29) is 17.1 Å². The van der Waals surface area contributed by atoms with Crippen molar-refractivity contribution in [1.29, 1.82) is 0 Å². The summed E-state index contributed by atoms with van der Waals surface area (Å²) in [5.41, 5.74) is 0.726. The summed E-state index contributed by atoms with van der Waals surface area (Å²) in [4.78, 5) is 22.6. The second-order valence-electron chi connectivity index (χ2n) is 3.51. The van der Waals surface area contributed by atoms with Crippen LogP contribution in [0.15, 0.2) is 54.1 Å². The number of hydrogen-bond donors (Lipinski definition) is 1. The van der Waals surface area contributed by atoms with Gasteiger partial charge in [-0.15, -0.1) is 0 Å². The first-order valence-corrected chi connectivity index (χ1v) is 4.89. The maximum atomic E-state index is 11.5. The number of allylic oxidation sites excluding steroid dienone is 3. The molecule has 0 radical (unpaired) electrons. The molecule has 1 aliphatic rings. The van der Waals surface area contributed by atoms with Crippen LogP contribution in [-0.2, 0) is 9.59 Å². The summed E-state index contributed by atoms with van der Waals surface area (Å²) in [5, 5.41) is 9.96. The minimum absolute atomic E-state index is 0.124. The fraction of sp³-hybridized carbons (Fsp3) is 0.0769. The van der Waals surface area contributed by atoms with Gasteiger partial charge in [-0.2, -0.15) is 0 Å². The molecule has 3 heteroatoms. The SMILES string of the molecule is O=C1C=CC(=O)C(C(O)c2ccccc2)=C1. The van der Waals surface area contributed by atoms with Gasteiger partial charge >= 0.3 is 0 Å². The summed E-state index contributed by atoms with van der Waals surface area (Å²) in [6.07, 6.45) is 2.52. The van der Waals surface area contributed by atoms with Gasteiger partial charge in [0.2, 0.25) is 0 Å². The molecule has 1 unspecified atom stereocenters. The Kier molecular flexibility index (Phi) is 2.79. The maximum Gasteiger partial charge on any atom is 0.185 e. The molecule has 0 aliphatic heterocycles. The van der Waals surface area contributed by atoms with Crippen LogP contribution in [0.4, 0.5) is 0 Å². The maximum absolute atomic E-state index is 11.5. The van der Waals surface area contributed by atoms with Crippen molar-refractivity contribution in [2.24, 2.45) is 0 Å². The van der Waals surface area contributed by atoms with E-state index in [9.17, 15) is 14.7 Å². The third-order valence-corrected chi connectivity index (χ3v) is 2.39. The lowest BCUT2D eigenvalue weighted by Gasteiger charge is -2.14. The highest BCUT2D eigenvalue weighted by Crippen LogP contribution is 2.23. The minimum atomic E-state index is -1.04. The van der Waals surface area contributed by atoms with Crippen molar-refractivity contribution in [2.75, 3.05) is 0 Å². The Morgan fingerprint density at radius 2 is 1.69 bits per heavy atom. The molecule has 80 valence electrons. The number of aliphatic hydroxyl groups excluding tert-OH is 1. The van der Waals surface area contributed by atoms with E-state index in [0.717, 1.165) is 0 Å². The molecule has 0 bridgehead atoms. The summed E-state index contributed by atoms with van der Waals surface area (Å²) >= 11 is 0. The van der Waals surface area contributed by atoms with Crippen LogP contribution in [0.3, 0.4) is 0 Å². The van der Waals surface area contributed by atoms with E-state index >= 15 is 0 Å². The van der Waals surface area contributed by atoms with Gasteiger partial charge in [0.05, 0.1) is 0 Å². The fourth-order valence-corrected chi connectivity index (χ4v) is 1.56. The zero-order valence-corrected chi connectivity index (χ0v) is 8.46. The van der Waals surface area contributed by atoms with Gasteiger partial charge in [-0.3, -0.25) is 9.59 Å². The van der Waals surface area contributed by atoms with E-state index in [4.69, 9.17) is 0 Å². The van der Waals surface area contributed by atoms with Crippen molar-refractivity contribution in [3.8, 4) is 0 Å². The van der Waals surface area contributed by atoms with Crippen LogP contribution < -0.4 is 0 Å². The monoisotopic (exact) mass is 214 g/mol. The van der Waals surface area contributed by atoms with Crippen LogP contribution >= 0.6 is 0 Å². The van der Waals surface area contributed by atoms with Crippen molar-refractivity contribution in [3.05, 3.63) is 59.7 Å². The predicted octanol–water partition coefficient (Wildman–Crippen LogP) is 1.35. The normalized spacial score (nSPS) is 17.2. The van der Waals surface area contributed by atoms with E-state index in [1.54, 1.807) is 24.3 Å². The van der Waals surface area contributed by atoms with E-state index in [2.05, 4.69) is 0 Å². The Balaban J connectivity index is 2.32. The topological polar surface area (TPSA) is 54.4 Å². The predicted molar refractivity (Wildman–Crippen MR) is 58.6 cm³/mol. The summed E-state index contributed by atoms with van der Waals surface area (Å²) in [6.45, 7) is 0. The van der Waals surface area contributed by atoms with Gasteiger partial charge in [0.25, 0.3) is 0 Å². The largest absolute Gasteiger partial charge is 0.384 e. The molecule has 0 aromatic heterocycles. The third-order valence-electron chi connectivity index (χ3n) is 2.39. The second-order valence-corrected chi connectivity index (χ2v) is 3.51. The minimum Gasteiger partial charge on any atom is -0.384 e. The van der Waals surface area contributed by atoms with Gasteiger partial charge in [-0.25, -0.2) is 0 Å². The molecule has 0 spiro atoms. The summed E-state index contributed by atoms with van der Waals surface area (Å²) in [6, 6.07) is 8.77. The molecule has 1 aromatic rings. The number of ketones is 2. The molecular formula is C13H10O3. The number of hydrogen-bond acceptors (Lipinski definition) is 3. The number of carbonyl (C=O) groups excluding carboxylic acids is 2. The molecule has 0 saturated heterocycles. The van der Waals surface area contributed by atoms with Crippen LogP contribution in [0.25, 0.3) is 0 Å². The van der Waals surface area contributed by atoms with Crippen molar-refractivity contribution < 1.29 is 14.7 Å². The first-order valence-electron chi connectivity index (χ1n) is 4.89. The molecular weight excluding hydrogens is 204 g/mol. The Bertz CT molecular complexity index is 483. The third kappa shape index (κ3) is 1.99. The average Bonchev–Trinajstić information content (AvgIpc) is 2.32. The zero-order chi connectivity index (χ0) is 11.5. The highest BCUT2D eigenvalue weighted by atomic mass is 16.3. The molecule has 16 heavy (non-hydrogen) atoms. The second kappa shape index (κ2) is 4.24. The van der Waals surface area contributed by atoms with Crippen molar-refractivity contribution >= 4 is 11.6 Å². The van der Waals surface area contributed by atoms with Crippen LogP contribution in [0.5, 0.6) is 0 Å². The summed E-state index contributed by atoms with van der Waals surface area (Å²) < 4.78 is 0. The van der Waals surface area contributed by atoms with E-state index in [1.165, 1.54) is 18.2 Å². The number of aliphatic hydroxyl groups is 1. The standard InChI is InChI=1S/C13H10O3/c14-10-6-7-12(15)11(8-10)13(16)9-4-2-1-3-5-9/h1-8,13,16H. The van der Waals surface area contributed by atoms with Gasteiger partial charge in [0.1, 0.15) is 6.10 Å². The molecule has 0 saturated carbocycles. The molecule has 3 nitrogen and oxygen atoms in total. The molecule has 1 aromatic carbocycles. The van der Waals surface area contributed by atoms with E-state index in [0.29, 0.717) is 5.56 Å². The Morgan fingerprint density at radius 1 is 1.00 bits per heavy atom. The van der Waals surface area contributed by atoms with Gasteiger partial charge < -0.3 is 5.11 Å². The Morgan fingerprint density at radius 3 is 2.38 bits per heavy atom. The lowest BCUT2D eigenvalue weighted by atomic mass is 9.94. The van der Waals surface area contributed by atoms with E-state index in [1.807, 2.05) is 6.07 Å². The van der Waals surface area contributed by atoms with Crippen molar-refractivity contribution in [1.82, 2.24) is 0 Å². The Labute approximate surface area is 92.7 Å². The molecule has 0 heterocycles. The highest BCUT2D eigenvalue weighted by Gasteiger charge is 2.21. The highest BCUT2D eigenvalue weighted by molar-refractivity contribution is 6.17. The smallest absolute Gasteiger partial charge is 0.185 e. The van der Waals surface area contributed by atoms with Crippen molar-refractivity contribution in [3.63, 3.8) is 0 Å². The lowest BCUT2D eigenvalue weighted by Crippen LogP contribution is -2.14. The van der Waals surface area contributed by atoms with Crippen LogP contribution in [0.1, 0.15) is 11.7 Å². The van der Waals surface area contributed by atoms with E-state index < -0.39 is 6.10 Å². The van der Waals surface area contributed by atoms with Crippen LogP contribution in [0.2, 0.25) is 0 Å². The van der Waals surface area contributed by atoms with Crippen molar-refractivity contribution in [2.45, 2.75) is 6.10 Å². The summed E-state index contributed by atoms with van der Waals surface area (Å²) in [7, 11) is 0. The molecule has 0 amide bonds. The first kappa shape index (κ1) is 10.5. The zero-order valence-electron chi connectivity index (χ0n) is 8.46. The van der Waals surface area contributed by atoms with Gasteiger partial charge in [-0.1, -0.05) is 30.3 Å². The van der Waals surface area contributed by atoms with Gasteiger partial charge in [-0.05, 0) is 23.8 Å². The first-order chi connectivity index (χ1) is 7.68. The summed E-state index contributed by atoms with van der Waals surface area (Å²) in [5.74, 6) is -0.597. The molecule has 2 rings (SSSR count). The molecule has 1 atom stereocenters. The van der Waals surface area contributed by atoms with Gasteiger partial charge in [0, 0.05) is 5.57 Å². The quantitative estimate of drug-likeness (QED) is 0.756. The number of benzene rings is 1. The van der Waals surface area contributed by atoms with Crippen LogP contribution in [0, 0.1) is 0 Å². The van der Waals surface area contributed by atoms with Gasteiger partial charge in [0.15, 0.2) is 11.6 Å². The average molecular weight is 214 g/mol. The number of rotatable bonds is 2. The molecule has 1 N–H and O–H groups in total. The molecule has 0 fully saturated rings. The van der Waals surface area contributed by atoms with Crippen LogP contribution in [-0.4, -0.2) is 16.7 Å². The molecule has 1 aliphatic carbocycles. The number of carbonyl (C=O) groups is 2.